The fourth-order valence-corrected chi connectivity index (χ4v) is 10.1. The first-order valence-corrected chi connectivity index (χ1v) is 14.4. The number of nitrogens with one attached hydrogen (secondary N) is 1. The molecule has 2 fully saturated rings. The molecule has 7 heteroatoms. The molecule has 4 heterocycles. The molecule has 0 bridgehead atoms. The van der Waals surface area contributed by atoms with E-state index in [1.54, 1.807) is 0 Å². The van der Waals surface area contributed by atoms with Crippen LogP contribution in [0.5, 0.6) is 0 Å². The molecule has 2 saturated heterocycles. The van der Waals surface area contributed by atoms with Gasteiger partial charge in [0.05, 0.1) is 17.6 Å². The Morgan fingerprint density at radius 3 is 2.63 bits per heavy atom. The highest BCUT2D eigenvalue weighted by molar-refractivity contribution is 8.35. The minimum absolute atomic E-state index is 0.157. The molecule has 4 aliphatic rings. The molecule has 0 radical (unpaired) electrons. The van der Waals surface area contributed by atoms with Crippen molar-refractivity contribution in [1.82, 2.24) is 10.2 Å². The van der Waals surface area contributed by atoms with Crippen LogP contribution in [0.1, 0.15) is 38.5 Å². The van der Waals surface area contributed by atoms with E-state index in [0.717, 1.165) is 31.1 Å². The fourth-order valence-electron chi connectivity index (χ4n) is 5.11. The second-order valence-corrected chi connectivity index (χ2v) is 14.7. The zero-order chi connectivity index (χ0) is 19.1. The van der Waals surface area contributed by atoms with Crippen molar-refractivity contribution in [2.24, 2.45) is 0 Å². The summed E-state index contributed by atoms with van der Waals surface area (Å²) in [5.41, 5.74) is 1.26. The van der Waals surface area contributed by atoms with E-state index in [0.29, 0.717) is 11.4 Å². The van der Waals surface area contributed by atoms with Crippen molar-refractivity contribution in [1.29, 1.82) is 0 Å². The summed E-state index contributed by atoms with van der Waals surface area (Å²) >= 11 is 0. The van der Waals surface area contributed by atoms with Crippen LogP contribution in [0.2, 0.25) is 0 Å². The monoisotopic (exact) mass is 414 g/mol. The summed E-state index contributed by atoms with van der Waals surface area (Å²) in [6.07, 6.45) is 12.7. The van der Waals surface area contributed by atoms with Crippen LogP contribution in [0.15, 0.2) is 22.8 Å². The molecule has 0 aliphatic carbocycles. The van der Waals surface area contributed by atoms with Gasteiger partial charge in [-0.15, -0.1) is 0 Å². The maximum atomic E-state index is 11.7. The van der Waals surface area contributed by atoms with Gasteiger partial charge in [-0.3, -0.25) is 0 Å². The van der Waals surface area contributed by atoms with E-state index in [1.807, 2.05) is 6.08 Å². The van der Waals surface area contributed by atoms with E-state index in [1.165, 1.54) is 48.5 Å². The fraction of sp³-hybridized carbons (Fsp3) is 0.800. The predicted molar refractivity (Wildman–Crippen MR) is 114 cm³/mol. The number of ether oxygens (including phenoxy) is 1. The first-order valence-electron chi connectivity index (χ1n) is 10.3. The number of rotatable bonds is 5. The molecular weight excluding hydrogens is 380 g/mol. The van der Waals surface area contributed by atoms with Crippen LogP contribution in [0, 0.1) is 0 Å². The van der Waals surface area contributed by atoms with Gasteiger partial charge in [0.15, 0.2) is 9.84 Å². The molecule has 5 nitrogen and oxygen atoms in total. The van der Waals surface area contributed by atoms with Crippen molar-refractivity contribution >= 4 is 19.9 Å². The van der Waals surface area contributed by atoms with Crippen LogP contribution < -0.4 is 5.32 Å². The Morgan fingerprint density at radius 1 is 1.22 bits per heavy atom. The number of allylic oxidation sites excluding steroid dienone is 1. The number of nitrogens with zero attached hydrogens (tertiary/aromatic N) is 1. The highest BCUT2D eigenvalue weighted by Gasteiger charge is 2.42. The Bertz CT molecular complexity index is 728. The molecule has 0 aromatic carbocycles. The molecule has 0 saturated carbocycles. The van der Waals surface area contributed by atoms with E-state index in [2.05, 4.69) is 23.3 Å². The minimum atomic E-state index is -3.09. The van der Waals surface area contributed by atoms with Gasteiger partial charge in [-0.25, -0.2) is 18.4 Å². The molecule has 27 heavy (non-hydrogen) atoms. The maximum Gasteiger partial charge on any atom is 0.172 e. The predicted octanol–water partition coefficient (Wildman–Crippen LogP) is 2.60. The summed E-state index contributed by atoms with van der Waals surface area (Å²) in [5.74, 6) is 4.48. The number of hydrogen-bond donors (Lipinski definition) is 1. The number of hydrogen-bond acceptors (Lipinski definition) is 5. The Kier molecular flexibility index (Phi) is 5.67. The summed E-state index contributed by atoms with van der Waals surface area (Å²) in [5, 5.41) is 4.25. The Labute approximate surface area is 165 Å². The van der Waals surface area contributed by atoms with E-state index in [-0.39, 0.29) is 22.3 Å². The second kappa shape index (κ2) is 7.73. The maximum absolute atomic E-state index is 11.7. The molecular formula is C20H34N2O3S2. The van der Waals surface area contributed by atoms with Crippen LogP contribution in [0.25, 0.3) is 0 Å². The quantitative estimate of drug-likeness (QED) is 0.749. The Balaban J connectivity index is 1.35. The third-order valence-electron chi connectivity index (χ3n) is 6.90. The Morgan fingerprint density at radius 2 is 2.00 bits per heavy atom. The van der Waals surface area contributed by atoms with Crippen LogP contribution in [-0.2, 0) is 14.6 Å². The van der Waals surface area contributed by atoms with Crippen LogP contribution >= 0.6 is 10.0 Å². The first kappa shape index (κ1) is 19.8. The molecule has 0 aromatic rings. The van der Waals surface area contributed by atoms with E-state index >= 15 is 0 Å². The SMILES string of the molecule is CN1C(C2CC=C(S(C)(=O)=O)CN2)=CCCC1OCC1CCCS12CCC2. The molecule has 154 valence electrons. The lowest BCUT2D eigenvalue weighted by Gasteiger charge is -2.50. The molecule has 4 aliphatic heterocycles. The molecule has 0 amide bonds. The van der Waals surface area contributed by atoms with Crippen molar-refractivity contribution in [3.63, 3.8) is 0 Å². The molecule has 1 spiro atoms. The smallest absolute Gasteiger partial charge is 0.172 e. The van der Waals surface area contributed by atoms with Gasteiger partial charge >= 0.3 is 0 Å². The number of sulfone groups is 1. The third kappa shape index (κ3) is 3.98. The molecule has 4 rings (SSSR count). The Hall–Kier alpha value is -0.500. The van der Waals surface area contributed by atoms with Crippen LogP contribution in [-0.4, -0.2) is 74.6 Å². The highest BCUT2D eigenvalue weighted by Crippen LogP contribution is 2.65. The summed E-state index contributed by atoms with van der Waals surface area (Å²) in [4.78, 5) is 2.80. The lowest BCUT2D eigenvalue weighted by molar-refractivity contribution is -0.0443. The van der Waals surface area contributed by atoms with Crippen molar-refractivity contribution in [3.05, 3.63) is 22.8 Å². The van der Waals surface area contributed by atoms with Gasteiger partial charge in [-0.2, -0.15) is 0 Å². The average Bonchev–Trinajstić information content (AvgIpc) is 3.05. The van der Waals surface area contributed by atoms with Crippen molar-refractivity contribution in [2.45, 2.75) is 56.0 Å². The summed E-state index contributed by atoms with van der Waals surface area (Å²) in [6, 6.07) is 0.182. The van der Waals surface area contributed by atoms with Gasteiger partial charge in [0.1, 0.15) is 6.23 Å². The zero-order valence-corrected chi connectivity index (χ0v) is 18.3. The van der Waals surface area contributed by atoms with Gasteiger partial charge in [-0.1, -0.05) is 12.2 Å². The topological polar surface area (TPSA) is 58.6 Å². The van der Waals surface area contributed by atoms with Crippen LogP contribution in [0.3, 0.4) is 0 Å². The summed E-state index contributed by atoms with van der Waals surface area (Å²) in [6.45, 7) is 1.36. The summed E-state index contributed by atoms with van der Waals surface area (Å²) in [7, 11) is -1.26. The van der Waals surface area contributed by atoms with Crippen LogP contribution in [0.4, 0.5) is 0 Å². The standard InChI is InChI=1S/C20H34N2O3S2/c1-22-19(18-10-9-16(14-21-18)26(2,23)24)7-3-8-20(22)25-15-17-6-4-11-27(17)12-5-13-27/h7,9,17-18,20-21H,3-6,8,10-15H2,1-2H3. The van der Waals surface area contributed by atoms with E-state index < -0.39 is 9.84 Å². The average molecular weight is 415 g/mol. The second-order valence-electron chi connectivity index (χ2n) is 8.56. The lowest BCUT2D eigenvalue weighted by Crippen LogP contribution is -2.47. The third-order valence-corrected chi connectivity index (χ3v) is 13.3. The highest BCUT2D eigenvalue weighted by atomic mass is 32.3. The minimum Gasteiger partial charge on any atom is -0.357 e. The molecule has 0 aromatic heterocycles. The molecule has 3 unspecified atom stereocenters. The van der Waals surface area contributed by atoms with Gasteiger partial charge in [0.25, 0.3) is 0 Å². The van der Waals surface area contributed by atoms with Crippen molar-refractivity contribution in [2.75, 3.05) is 43.7 Å². The largest absolute Gasteiger partial charge is 0.357 e. The van der Waals surface area contributed by atoms with E-state index in [4.69, 9.17) is 4.74 Å². The molecule has 1 N–H and O–H groups in total. The zero-order valence-electron chi connectivity index (χ0n) is 16.7. The van der Waals surface area contributed by atoms with Crippen molar-refractivity contribution in [3.8, 4) is 0 Å². The van der Waals surface area contributed by atoms with Gasteiger partial charge in [0.2, 0.25) is 0 Å². The summed E-state index contributed by atoms with van der Waals surface area (Å²) < 4.78 is 29.9. The van der Waals surface area contributed by atoms with Crippen molar-refractivity contribution < 1.29 is 13.2 Å². The van der Waals surface area contributed by atoms with Gasteiger partial charge in [0, 0.05) is 30.8 Å². The molecule has 3 atom stereocenters. The lowest BCUT2D eigenvalue weighted by atomic mass is 10.0. The van der Waals surface area contributed by atoms with Gasteiger partial charge < -0.3 is 15.0 Å². The van der Waals surface area contributed by atoms with E-state index in [9.17, 15) is 8.42 Å². The first-order chi connectivity index (χ1) is 12.9. The van der Waals surface area contributed by atoms with Gasteiger partial charge in [-0.05, 0) is 55.8 Å². The normalized spacial score (nSPS) is 34.7. The number of likely N-dealkylation sites (N-methyl/N-ethyl adjacent to an activating group) is 1.